The summed E-state index contributed by atoms with van der Waals surface area (Å²) in [5.41, 5.74) is 6.84. The van der Waals surface area contributed by atoms with E-state index in [1.54, 1.807) is 7.11 Å². The van der Waals surface area contributed by atoms with Crippen molar-refractivity contribution >= 4 is 15.9 Å². The highest BCUT2D eigenvalue weighted by Gasteiger charge is 2.60. The Morgan fingerprint density at radius 3 is 2.71 bits per heavy atom. The normalized spacial score (nSPS) is 39.4. The van der Waals surface area contributed by atoms with Gasteiger partial charge in [-0.3, -0.25) is 0 Å². The molecule has 1 fully saturated rings. The van der Waals surface area contributed by atoms with Gasteiger partial charge in [0.25, 0.3) is 0 Å². The fraction of sp³-hybridized carbons (Fsp3) is 0.636. The van der Waals surface area contributed by atoms with Crippen molar-refractivity contribution in [1.29, 1.82) is 0 Å². The van der Waals surface area contributed by atoms with Crippen molar-refractivity contribution in [2.45, 2.75) is 29.7 Å². The predicted molar refractivity (Wildman–Crippen MR) is 61.2 cm³/mol. The van der Waals surface area contributed by atoms with Gasteiger partial charge in [0.1, 0.15) is 0 Å². The maximum Gasteiger partial charge on any atom is 0.0874 e. The fourth-order valence-corrected chi connectivity index (χ4v) is 3.21. The Morgan fingerprint density at radius 1 is 1.57 bits per heavy atom. The van der Waals surface area contributed by atoms with Gasteiger partial charge >= 0.3 is 0 Å². The molecule has 0 radical (unpaired) electrons. The van der Waals surface area contributed by atoms with Crippen LogP contribution in [0.25, 0.3) is 0 Å². The molecule has 0 heterocycles. The summed E-state index contributed by atoms with van der Waals surface area (Å²) in [6.45, 7) is 2.14. The van der Waals surface area contributed by atoms with Crippen molar-refractivity contribution in [1.82, 2.24) is 0 Å². The lowest BCUT2D eigenvalue weighted by molar-refractivity contribution is 0.0486. The zero-order valence-corrected chi connectivity index (χ0v) is 10.2. The Bertz CT molecular complexity index is 306. The molecule has 2 unspecified atom stereocenters. The summed E-state index contributed by atoms with van der Waals surface area (Å²) in [5.74, 6) is 0.287. The van der Waals surface area contributed by atoms with E-state index in [0.717, 1.165) is 18.5 Å². The molecule has 3 heteroatoms. The molecule has 14 heavy (non-hydrogen) atoms. The maximum atomic E-state index is 5.96. The summed E-state index contributed by atoms with van der Waals surface area (Å²) >= 11 is 3.81. The third-order valence-electron chi connectivity index (χ3n) is 3.55. The Hall–Kier alpha value is -0.280. The van der Waals surface area contributed by atoms with E-state index in [-0.39, 0.29) is 15.8 Å². The van der Waals surface area contributed by atoms with E-state index in [1.807, 2.05) is 12.2 Å². The monoisotopic (exact) mass is 257 g/mol. The molecule has 0 aromatic carbocycles. The molecular weight excluding hydrogens is 242 g/mol. The molecule has 2 N–H and O–H groups in total. The van der Waals surface area contributed by atoms with Gasteiger partial charge in [-0.25, -0.2) is 0 Å². The second-order valence-corrected chi connectivity index (χ2v) is 5.53. The molecule has 0 aromatic rings. The number of alkyl halides is 1. The Balaban J connectivity index is 2.33. The summed E-state index contributed by atoms with van der Waals surface area (Å²) < 4.78 is 5.51. The lowest BCUT2D eigenvalue weighted by Crippen LogP contribution is -2.46. The number of nitrogens with two attached hydrogens (primary N) is 1. The molecule has 0 aliphatic heterocycles. The molecule has 2 atom stereocenters. The number of ether oxygens (including phenoxy) is 1. The summed E-state index contributed by atoms with van der Waals surface area (Å²) in [5, 5.41) is 0. The third kappa shape index (κ3) is 1.18. The fourth-order valence-electron chi connectivity index (χ4n) is 2.23. The molecule has 0 aromatic heterocycles. The first kappa shape index (κ1) is 10.2. The third-order valence-corrected chi connectivity index (χ3v) is 5.22. The Morgan fingerprint density at radius 2 is 2.21 bits per heavy atom. The molecular formula is C11H16BrNO. The van der Waals surface area contributed by atoms with Crippen molar-refractivity contribution in [2.75, 3.05) is 7.11 Å². The van der Waals surface area contributed by atoms with Gasteiger partial charge in [-0.15, -0.1) is 0 Å². The molecule has 2 nitrogen and oxygen atoms in total. The highest BCUT2D eigenvalue weighted by atomic mass is 79.9. The smallest absolute Gasteiger partial charge is 0.0874 e. The van der Waals surface area contributed by atoms with Crippen molar-refractivity contribution in [2.24, 2.45) is 11.7 Å². The van der Waals surface area contributed by atoms with Crippen molar-refractivity contribution in [3.63, 3.8) is 0 Å². The van der Waals surface area contributed by atoms with E-state index in [0.29, 0.717) is 0 Å². The van der Waals surface area contributed by atoms with Crippen LogP contribution in [0, 0.1) is 5.92 Å². The Labute approximate surface area is 93.3 Å². The van der Waals surface area contributed by atoms with Gasteiger partial charge in [0.2, 0.25) is 0 Å². The number of methoxy groups -OCH3 is 1. The second kappa shape index (κ2) is 3.11. The predicted octanol–water partition coefficient (Wildman–Crippen LogP) is 2.35. The van der Waals surface area contributed by atoms with Crippen LogP contribution in [-0.2, 0) is 4.74 Å². The van der Waals surface area contributed by atoms with Gasteiger partial charge in [-0.05, 0) is 18.9 Å². The van der Waals surface area contributed by atoms with Crippen LogP contribution < -0.4 is 5.73 Å². The second-order valence-electron chi connectivity index (χ2n) is 4.21. The minimum atomic E-state index is -0.117. The van der Waals surface area contributed by atoms with Gasteiger partial charge in [0.05, 0.1) is 9.93 Å². The molecule has 1 saturated carbocycles. The van der Waals surface area contributed by atoms with E-state index in [9.17, 15) is 0 Å². The largest absolute Gasteiger partial charge is 0.402 e. The Kier molecular flexibility index (Phi) is 2.27. The van der Waals surface area contributed by atoms with Gasteiger partial charge in [-0.2, -0.15) is 0 Å². The number of halogens is 1. The van der Waals surface area contributed by atoms with E-state index in [2.05, 4.69) is 28.9 Å². The van der Waals surface area contributed by atoms with Crippen molar-refractivity contribution in [3.05, 3.63) is 23.9 Å². The lowest BCUT2D eigenvalue weighted by Gasteiger charge is -2.40. The van der Waals surface area contributed by atoms with Gasteiger partial charge in [0, 0.05) is 18.7 Å². The van der Waals surface area contributed by atoms with E-state index in [4.69, 9.17) is 10.5 Å². The maximum absolute atomic E-state index is 5.96. The van der Waals surface area contributed by atoms with Gasteiger partial charge < -0.3 is 10.5 Å². The summed E-state index contributed by atoms with van der Waals surface area (Å²) in [6, 6.07) is 0. The van der Waals surface area contributed by atoms with Crippen LogP contribution in [0.15, 0.2) is 23.9 Å². The van der Waals surface area contributed by atoms with Crippen molar-refractivity contribution < 1.29 is 4.74 Å². The number of hydrogen-bond acceptors (Lipinski definition) is 2. The van der Waals surface area contributed by atoms with E-state index < -0.39 is 0 Å². The summed E-state index contributed by atoms with van der Waals surface area (Å²) in [7, 11) is 1.78. The quantitative estimate of drug-likeness (QED) is 0.771. The molecule has 0 spiro atoms. The lowest BCUT2D eigenvalue weighted by atomic mass is 9.81. The van der Waals surface area contributed by atoms with Crippen molar-refractivity contribution in [3.8, 4) is 0 Å². The summed E-state index contributed by atoms with van der Waals surface area (Å²) in [6.07, 6.45) is 8.37. The average Bonchev–Trinajstić information content (AvgIpc) is 2.95. The van der Waals surface area contributed by atoms with Crippen LogP contribution >= 0.6 is 15.9 Å². The molecule has 0 bridgehead atoms. The standard InChI is InChI=1S/C11H16BrNO/c1-8-9(13)4-3-5-11(8,12)10(14-2)6-7-10/h3-5,8H,6-7,13H2,1-2H3. The number of hydrogen-bond donors (Lipinski definition) is 1. The van der Waals surface area contributed by atoms with Crippen LogP contribution in [-0.4, -0.2) is 17.0 Å². The van der Waals surface area contributed by atoms with E-state index in [1.165, 1.54) is 0 Å². The minimum absolute atomic E-state index is 0.0399. The average molecular weight is 258 g/mol. The van der Waals surface area contributed by atoms with Crippen LogP contribution in [0.4, 0.5) is 0 Å². The minimum Gasteiger partial charge on any atom is -0.402 e. The zero-order chi connectivity index (χ0) is 10.4. The van der Waals surface area contributed by atoms with Crippen LogP contribution in [0.1, 0.15) is 19.8 Å². The first-order valence-corrected chi connectivity index (χ1v) is 5.74. The SMILES string of the molecule is COC1(C2(Br)C=CC=C(N)C2C)CC1. The molecule has 0 amide bonds. The highest BCUT2D eigenvalue weighted by Crippen LogP contribution is 2.57. The molecule has 78 valence electrons. The topological polar surface area (TPSA) is 35.2 Å². The van der Waals surface area contributed by atoms with Crippen LogP contribution in [0.3, 0.4) is 0 Å². The molecule has 2 aliphatic carbocycles. The van der Waals surface area contributed by atoms with Gasteiger partial charge in [-0.1, -0.05) is 35.0 Å². The highest BCUT2D eigenvalue weighted by molar-refractivity contribution is 9.10. The molecule has 0 saturated heterocycles. The van der Waals surface area contributed by atoms with Crippen LogP contribution in [0.2, 0.25) is 0 Å². The zero-order valence-electron chi connectivity index (χ0n) is 8.59. The number of rotatable bonds is 2. The first-order chi connectivity index (χ1) is 6.56. The van der Waals surface area contributed by atoms with Crippen LogP contribution in [0.5, 0.6) is 0 Å². The van der Waals surface area contributed by atoms with Gasteiger partial charge in [0.15, 0.2) is 0 Å². The molecule has 2 aliphatic rings. The first-order valence-electron chi connectivity index (χ1n) is 4.95. The summed E-state index contributed by atoms with van der Waals surface area (Å²) in [4.78, 5) is 0. The van der Waals surface area contributed by atoms with E-state index >= 15 is 0 Å². The molecule has 2 rings (SSSR count). The number of allylic oxidation sites excluding steroid dienone is 3.